The van der Waals surface area contributed by atoms with E-state index in [0.717, 1.165) is 37.0 Å². The quantitative estimate of drug-likeness (QED) is 0.410. The molecule has 0 aliphatic carbocycles. The van der Waals surface area contributed by atoms with Gasteiger partial charge in [0.15, 0.2) is 0 Å². The summed E-state index contributed by atoms with van der Waals surface area (Å²) < 4.78 is 5.82. The average molecular weight is 433 g/mol. The van der Waals surface area contributed by atoms with E-state index in [2.05, 4.69) is 34.6 Å². The number of hydrogen-bond acceptors (Lipinski definition) is 4. The third-order valence-electron chi connectivity index (χ3n) is 5.09. The zero-order valence-electron chi connectivity index (χ0n) is 18.0. The molecule has 0 bridgehead atoms. The highest BCUT2D eigenvalue weighted by molar-refractivity contribution is 5.96. The predicted octanol–water partition coefficient (Wildman–Crippen LogP) is 4.54. The molecule has 0 radical (unpaired) electrons. The Morgan fingerprint density at radius 1 is 0.844 bits per heavy atom. The van der Waals surface area contributed by atoms with Crippen molar-refractivity contribution < 1.29 is 19.4 Å². The van der Waals surface area contributed by atoms with Gasteiger partial charge in [-0.3, -0.25) is 9.78 Å². The fourth-order valence-corrected chi connectivity index (χ4v) is 3.30. The van der Waals surface area contributed by atoms with Crippen molar-refractivity contribution >= 4 is 11.9 Å². The minimum absolute atomic E-state index is 0.00978. The Balaban J connectivity index is 1.32. The maximum atomic E-state index is 12.2. The average Bonchev–Trinajstić information content (AvgIpc) is 2.83. The van der Waals surface area contributed by atoms with E-state index in [1.165, 1.54) is 24.0 Å². The molecule has 0 saturated heterocycles. The van der Waals surface area contributed by atoms with Crippen LogP contribution in [0.2, 0.25) is 0 Å². The van der Waals surface area contributed by atoms with Gasteiger partial charge in [-0.25, -0.2) is 4.79 Å². The van der Waals surface area contributed by atoms with E-state index in [9.17, 15) is 9.59 Å². The normalized spacial score (nSPS) is 10.5. The number of unbranched alkanes of at least 4 members (excludes halogenated alkanes) is 2. The van der Waals surface area contributed by atoms with Gasteiger partial charge in [0.25, 0.3) is 5.91 Å². The molecule has 1 heterocycles. The monoisotopic (exact) mass is 432 g/mol. The number of carbonyl (C=O) groups is 2. The Hall–Kier alpha value is -3.67. The molecule has 0 aliphatic rings. The topological polar surface area (TPSA) is 88.5 Å². The fraction of sp³-hybridized carbons (Fsp3) is 0.269. The van der Waals surface area contributed by atoms with Crippen molar-refractivity contribution in [3.63, 3.8) is 0 Å². The molecular weight excluding hydrogens is 404 g/mol. The van der Waals surface area contributed by atoms with Crippen LogP contribution in [0.5, 0.6) is 5.75 Å². The smallest absolute Gasteiger partial charge is 0.337 e. The number of rotatable bonds is 12. The molecule has 1 amide bonds. The predicted molar refractivity (Wildman–Crippen MR) is 123 cm³/mol. The van der Waals surface area contributed by atoms with Gasteiger partial charge in [-0.1, -0.05) is 42.5 Å². The summed E-state index contributed by atoms with van der Waals surface area (Å²) in [5, 5.41) is 11.8. The van der Waals surface area contributed by atoms with E-state index in [-0.39, 0.29) is 17.0 Å². The van der Waals surface area contributed by atoms with Crippen molar-refractivity contribution in [2.45, 2.75) is 32.1 Å². The summed E-state index contributed by atoms with van der Waals surface area (Å²) in [6.45, 7) is 1.14. The molecule has 3 rings (SSSR count). The number of nitrogens with zero attached hydrogens (tertiary/aromatic N) is 1. The van der Waals surface area contributed by atoms with Crippen molar-refractivity contribution in [2.75, 3.05) is 13.2 Å². The van der Waals surface area contributed by atoms with Gasteiger partial charge in [0.05, 0.1) is 17.7 Å². The molecule has 0 unspecified atom stereocenters. The summed E-state index contributed by atoms with van der Waals surface area (Å²) in [6.07, 6.45) is 7.67. The number of amides is 1. The number of carboxylic acids is 1. The number of carbonyl (C=O) groups excluding carboxylic acids is 1. The highest BCUT2D eigenvalue weighted by atomic mass is 16.5. The van der Waals surface area contributed by atoms with Gasteiger partial charge < -0.3 is 15.2 Å². The molecule has 2 N–H and O–H groups in total. The molecule has 3 aromatic rings. The van der Waals surface area contributed by atoms with Crippen LogP contribution >= 0.6 is 0 Å². The van der Waals surface area contributed by atoms with Crippen LogP contribution in [0.15, 0.2) is 73.1 Å². The van der Waals surface area contributed by atoms with Crippen molar-refractivity contribution in [3.05, 3.63) is 95.3 Å². The van der Waals surface area contributed by atoms with E-state index in [1.807, 2.05) is 30.3 Å². The lowest BCUT2D eigenvalue weighted by molar-refractivity contribution is 0.0696. The van der Waals surface area contributed by atoms with Crippen LogP contribution in [-0.2, 0) is 12.8 Å². The van der Waals surface area contributed by atoms with Crippen LogP contribution < -0.4 is 10.1 Å². The van der Waals surface area contributed by atoms with Crippen molar-refractivity contribution in [1.29, 1.82) is 0 Å². The molecule has 1 aromatic heterocycles. The second kappa shape index (κ2) is 12.2. The van der Waals surface area contributed by atoms with Crippen molar-refractivity contribution in [2.24, 2.45) is 0 Å². The van der Waals surface area contributed by atoms with Gasteiger partial charge in [-0.15, -0.1) is 0 Å². The maximum absolute atomic E-state index is 12.2. The lowest BCUT2D eigenvalue weighted by atomic mass is 10.1. The molecule has 0 aliphatic heterocycles. The molecule has 0 atom stereocenters. The summed E-state index contributed by atoms with van der Waals surface area (Å²) in [7, 11) is 0. The van der Waals surface area contributed by atoms with Crippen molar-refractivity contribution in [1.82, 2.24) is 10.3 Å². The second-order valence-corrected chi connectivity index (χ2v) is 7.56. The van der Waals surface area contributed by atoms with Gasteiger partial charge in [0, 0.05) is 18.9 Å². The Labute approximate surface area is 188 Å². The third kappa shape index (κ3) is 7.54. The first kappa shape index (κ1) is 23.0. The van der Waals surface area contributed by atoms with Crippen LogP contribution in [0.25, 0.3) is 0 Å². The fourth-order valence-electron chi connectivity index (χ4n) is 3.30. The van der Waals surface area contributed by atoms with E-state index < -0.39 is 5.97 Å². The summed E-state index contributed by atoms with van der Waals surface area (Å²) in [5.74, 6) is -0.605. The first-order chi connectivity index (χ1) is 15.6. The van der Waals surface area contributed by atoms with Crippen LogP contribution in [0, 0.1) is 0 Å². The van der Waals surface area contributed by atoms with E-state index in [4.69, 9.17) is 9.84 Å². The number of pyridine rings is 1. The van der Waals surface area contributed by atoms with E-state index in [1.54, 1.807) is 0 Å². The molecular formula is C26H28N2O4. The summed E-state index contributed by atoms with van der Waals surface area (Å²) in [6, 6.07) is 19.7. The van der Waals surface area contributed by atoms with Gasteiger partial charge >= 0.3 is 5.97 Å². The Kier molecular flexibility index (Phi) is 8.80. The number of aromatic carboxylic acids is 1. The summed E-state index contributed by atoms with van der Waals surface area (Å²) in [4.78, 5) is 27.0. The van der Waals surface area contributed by atoms with Gasteiger partial charge in [0.1, 0.15) is 5.75 Å². The number of aryl methyl sites for hydroxylation is 1. The molecule has 32 heavy (non-hydrogen) atoms. The molecule has 0 spiro atoms. The van der Waals surface area contributed by atoms with E-state index >= 15 is 0 Å². The third-order valence-corrected chi connectivity index (χ3v) is 5.09. The largest absolute Gasteiger partial charge is 0.494 e. The van der Waals surface area contributed by atoms with Gasteiger partial charge in [-0.05, 0) is 61.4 Å². The lowest BCUT2D eigenvalue weighted by Crippen LogP contribution is -2.26. The standard InChI is InChI=1S/C26H28N2O4/c29-25(22-17-23(26(30)31)19-27-18-22)28-15-14-21-10-12-24(13-11-21)32-16-6-2-5-9-20-7-3-1-4-8-20/h1,3-4,7-8,10-13,17-19H,2,5-6,9,14-16H2,(H,28,29)(H,30,31). The molecule has 0 fully saturated rings. The van der Waals surface area contributed by atoms with Gasteiger partial charge in [-0.2, -0.15) is 0 Å². The zero-order valence-corrected chi connectivity index (χ0v) is 18.0. The second-order valence-electron chi connectivity index (χ2n) is 7.56. The number of hydrogen-bond donors (Lipinski definition) is 2. The maximum Gasteiger partial charge on any atom is 0.337 e. The number of aromatic nitrogens is 1. The molecule has 2 aromatic carbocycles. The summed E-state index contributed by atoms with van der Waals surface area (Å²) in [5.41, 5.74) is 2.69. The molecule has 6 nitrogen and oxygen atoms in total. The van der Waals surface area contributed by atoms with Crippen LogP contribution in [0.3, 0.4) is 0 Å². The Morgan fingerprint density at radius 3 is 2.31 bits per heavy atom. The van der Waals surface area contributed by atoms with Crippen LogP contribution in [-0.4, -0.2) is 35.1 Å². The SMILES string of the molecule is O=C(O)c1cncc(C(=O)NCCc2ccc(OCCCCCc3ccccc3)cc2)c1. The molecule has 166 valence electrons. The Morgan fingerprint density at radius 2 is 1.56 bits per heavy atom. The zero-order chi connectivity index (χ0) is 22.6. The first-order valence-corrected chi connectivity index (χ1v) is 10.8. The molecule has 0 saturated carbocycles. The summed E-state index contributed by atoms with van der Waals surface area (Å²) >= 11 is 0. The first-order valence-electron chi connectivity index (χ1n) is 10.8. The van der Waals surface area contributed by atoms with Gasteiger partial charge in [0.2, 0.25) is 0 Å². The van der Waals surface area contributed by atoms with Crippen LogP contribution in [0.1, 0.15) is 51.1 Å². The minimum Gasteiger partial charge on any atom is -0.494 e. The van der Waals surface area contributed by atoms with Crippen molar-refractivity contribution in [3.8, 4) is 5.75 Å². The van der Waals surface area contributed by atoms with E-state index in [0.29, 0.717) is 19.6 Å². The number of carboxylic acid groups (broad SMARTS) is 1. The number of benzene rings is 2. The van der Waals surface area contributed by atoms with Crippen LogP contribution in [0.4, 0.5) is 0 Å². The highest BCUT2D eigenvalue weighted by Crippen LogP contribution is 2.14. The Bertz CT molecular complexity index is 1000. The minimum atomic E-state index is -1.11. The number of ether oxygens (including phenoxy) is 1. The number of nitrogens with one attached hydrogen (secondary N) is 1. The lowest BCUT2D eigenvalue weighted by Gasteiger charge is -2.08. The highest BCUT2D eigenvalue weighted by Gasteiger charge is 2.10. The molecule has 6 heteroatoms.